The normalized spacial score (nSPS) is 11.3. The van der Waals surface area contributed by atoms with Gasteiger partial charge in [0.1, 0.15) is 0 Å². The Bertz CT molecular complexity index is 1310. The molecule has 1 aromatic heterocycles. The van der Waals surface area contributed by atoms with Crippen LogP contribution < -0.4 is 16.0 Å². The molecule has 0 aliphatic rings. The summed E-state index contributed by atoms with van der Waals surface area (Å²) in [6.45, 7) is 4.89. The molecule has 12 nitrogen and oxygen atoms in total. The van der Waals surface area contributed by atoms with E-state index in [1.165, 1.54) is 17.7 Å². The second-order valence-corrected chi connectivity index (χ2v) is 10.4. The lowest BCUT2D eigenvalue weighted by atomic mass is 10.1. The highest BCUT2D eigenvalue weighted by molar-refractivity contribution is 7.92. The van der Waals surface area contributed by atoms with E-state index in [0.717, 1.165) is 61.0 Å². The van der Waals surface area contributed by atoms with E-state index in [9.17, 15) is 27.6 Å². The monoisotopic (exact) mass is 552 g/mol. The SMILES string of the molecule is CCCN(CCCc1cc(=O)n(C)c(=O)n1C)CCc1ccc(NS(C)(=O)=O)cc1.O=C(O)/C=C/C(=O)O. The lowest BCUT2D eigenvalue weighted by Crippen LogP contribution is -2.38. The molecular weight excluding hydrogens is 516 g/mol. The number of aromatic nitrogens is 2. The van der Waals surface area contributed by atoms with Gasteiger partial charge in [0, 0.05) is 50.2 Å². The highest BCUT2D eigenvalue weighted by Crippen LogP contribution is 2.12. The number of nitrogens with zero attached hydrogens (tertiary/aromatic N) is 3. The van der Waals surface area contributed by atoms with Crippen molar-refractivity contribution in [2.75, 3.05) is 30.6 Å². The number of carbonyl (C=O) groups is 2. The molecule has 2 rings (SSSR count). The van der Waals surface area contributed by atoms with E-state index in [0.29, 0.717) is 24.3 Å². The van der Waals surface area contributed by atoms with Crippen LogP contribution in [0.15, 0.2) is 52.1 Å². The van der Waals surface area contributed by atoms with Gasteiger partial charge < -0.3 is 19.7 Å². The van der Waals surface area contributed by atoms with Crippen molar-refractivity contribution in [1.29, 1.82) is 0 Å². The summed E-state index contributed by atoms with van der Waals surface area (Å²) in [6.07, 6.45) is 5.69. The fraction of sp³-hybridized carbons (Fsp3) is 0.440. The number of nitrogens with one attached hydrogen (secondary N) is 1. The summed E-state index contributed by atoms with van der Waals surface area (Å²) >= 11 is 0. The molecule has 38 heavy (non-hydrogen) atoms. The van der Waals surface area contributed by atoms with Crippen molar-refractivity contribution in [3.05, 3.63) is 74.6 Å². The Labute approximate surface area is 221 Å². The predicted octanol–water partition coefficient (Wildman–Crippen LogP) is 1.05. The summed E-state index contributed by atoms with van der Waals surface area (Å²) in [5.74, 6) is -2.51. The van der Waals surface area contributed by atoms with Crippen molar-refractivity contribution in [3.8, 4) is 0 Å². The molecule has 0 spiro atoms. The van der Waals surface area contributed by atoms with E-state index < -0.39 is 22.0 Å². The zero-order chi connectivity index (χ0) is 28.9. The number of benzene rings is 1. The van der Waals surface area contributed by atoms with E-state index in [2.05, 4.69) is 16.5 Å². The average molecular weight is 553 g/mol. The molecular formula is C25H36N4O8S. The molecule has 0 aliphatic heterocycles. The number of carboxylic acid groups (broad SMARTS) is 2. The van der Waals surface area contributed by atoms with E-state index in [-0.39, 0.29) is 11.2 Å². The van der Waals surface area contributed by atoms with Crippen LogP contribution in [0.2, 0.25) is 0 Å². The van der Waals surface area contributed by atoms with E-state index in [1.807, 2.05) is 12.1 Å². The smallest absolute Gasteiger partial charge is 0.330 e. The third kappa shape index (κ3) is 12.5. The summed E-state index contributed by atoms with van der Waals surface area (Å²) in [5.41, 5.74) is 1.90. The van der Waals surface area contributed by atoms with Crippen LogP contribution in [0.5, 0.6) is 0 Å². The lowest BCUT2D eigenvalue weighted by molar-refractivity contribution is -0.134. The van der Waals surface area contributed by atoms with Crippen LogP contribution in [0.3, 0.4) is 0 Å². The Morgan fingerprint density at radius 2 is 1.53 bits per heavy atom. The van der Waals surface area contributed by atoms with Gasteiger partial charge in [0.2, 0.25) is 10.0 Å². The molecule has 0 fully saturated rings. The third-order valence-electron chi connectivity index (χ3n) is 5.41. The van der Waals surface area contributed by atoms with Gasteiger partial charge in [0.25, 0.3) is 5.56 Å². The number of aryl methyl sites for hydroxylation is 1. The number of carboxylic acids is 2. The summed E-state index contributed by atoms with van der Waals surface area (Å²) < 4.78 is 27.7. The topological polar surface area (TPSA) is 168 Å². The van der Waals surface area contributed by atoms with Gasteiger partial charge in [-0.2, -0.15) is 0 Å². The number of aliphatic carboxylic acids is 2. The van der Waals surface area contributed by atoms with Crippen molar-refractivity contribution in [3.63, 3.8) is 0 Å². The Kier molecular flexibility index (Phi) is 13.2. The largest absolute Gasteiger partial charge is 0.478 e. The third-order valence-corrected chi connectivity index (χ3v) is 6.02. The van der Waals surface area contributed by atoms with Crippen LogP contribution in [0.4, 0.5) is 5.69 Å². The Morgan fingerprint density at radius 3 is 2.03 bits per heavy atom. The molecule has 2 aromatic rings. The van der Waals surface area contributed by atoms with Crippen LogP contribution in [0.25, 0.3) is 0 Å². The number of hydrogen-bond donors (Lipinski definition) is 3. The van der Waals surface area contributed by atoms with Gasteiger partial charge in [-0.3, -0.25) is 14.1 Å². The van der Waals surface area contributed by atoms with Gasteiger partial charge in [0.15, 0.2) is 0 Å². The number of sulfonamides is 1. The minimum atomic E-state index is -3.27. The van der Waals surface area contributed by atoms with Crippen LogP contribution in [0, 0.1) is 0 Å². The van der Waals surface area contributed by atoms with Crippen LogP contribution in [-0.4, -0.2) is 70.5 Å². The van der Waals surface area contributed by atoms with Gasteiger partial charge in [-0.15, -0.1) is 0 Å². The Balaban J connectivity index is 0.000000781. The maximum Gasteiger partial charge on any atom is 0.330 e. The maximum absolute atomic E-state index is 12.0. The molecule has 1 heterocycles. The Morgan fingerprint density at radius 1 is 0.947 bits per heavy atom. The van der Waals surface area contributed by atoms with Crippen molar-refractivity contribution in [1.82, 2.24) is 14.0 Å². The lowest BCUT2D eigenvalue weighted by Gasteiger charge is -2.22. The van der Waals surface area contributed by atoms with Crippen LogP contribution >= 0.6 is 0 Å². The Hall–Kier alpha value is -3.71. The fourth-order valence-electron chi connectivity index (χ4n) is 3.54. The minimum Gasteiger partial charge on any atom is -0.478 e. The molecule has 0 radical (unpaired) electrons. The van der Waals surface area contributed by atoms with Gasteiger partial charge in [-0.05, 0) is 56.5 Å². The van der Waals surface area contributed by atoms with Crippen LogP contribution in [-0.2, 0) is 46.5 Å². The highest BCUT2D eigenvalue weighted by atomic mass is 32.2. The van der Waals surface area contributed by atoms with E-state index in [1.54, 1.807) is 19.2 Å². The van der Waals surface area contributed by atoms with Gasteiger partial charge in [-0.25, -0.2) is 22.8 Å². The quantitative estimate of drug-likeness (QED) is 0.308. The molecule has 0 amide bonds. The molecule has 0 saturated carbocycles. The fourth-order valence-corrected chi connectivity index (χ4v) is 4.10. The van der Waals surface area contributed by atoms with Gasteiger partial charge in [0.05, 0.1) is 6.26 Å². The number of hydrogen-bond acceptors (Lipinski definition) is 7. The first-order chi connectivity index (χ1) is 17.7. The first kappa shape index (κ1) is 32.3. The van der Waals surface area contributed by atoms with E-state index >= 15 is 0 Å². The number of anilines is 1. The molecule has 0 atom stereocenters. The first-order valence-electron chi connectivity index (χ1n) is 11.9. The molecule has 1 aromatic carbocycles. The molecule has 0 saturated heterocycles. The molecule has 0 unspecified atom stereocenters. The highest BCUT2D eigenvalue weighted by Gasteiger charge is 2.09. The first-order valence-corrected chi connectivity index (χ1v) is 13.8. The average Bonchev–Trinajstić information content (AvgIpc) is 2.83. The second-order valence-electron chi connectivity index (χ2n) is 8.65. The summed E-state index contributed by atoms with van der Waals surface area (Å²) in [4.78, 5) is 45.4. The molecule has 0 aliphatic carbocycles. The molecule has 0 bridgehead atoms. The summed E-state index contributed by atoms with van der Waals surface area (Å²) in [7, 11) is -0.0827. The molecule has 3 N–H and O–H groups in total. The zero-order valence-electron chi connectivity index (χ0n) is 22.1. The van der Waals surface area contributed by atoms with Crippen molar-refractivity contribution in [2.24, 2.45) is 14.1 Å². The van der Waals surface area contributed by atoms with Crippen molar-refractivity contribution >= 4 is 27.6 Å². The minimum absolute atomic E-state index is 0.271. The molecule has 210 valence electrons. The van der Waals surface area contributed by atoms with Gasteiger partial charge >= 0.3 is 17.6 Å². The van der Waals surface area contributed by atoms with Crippen molar-refractivity contribution < 1.29 is 28.2 Å². The second kappa shape index (κ2) is 15.5. The number of rotatable bonds is 13. The van der Waals surface area contributed by atoms with Crippen molar-refractivity contribution in [2.45, 2.75) is 32.6 Å². The zero-order valence-corrected chi connectivity index (χ0v) is 22.9. The summed E-state index contributed by atoms with van der Waals surface area (Å²) in [5, 5.41) is 15.6. The standard InChI is InChI=1S/C21H32N4O4S.C4H4O4/c1-5-13-25(14-6-7-19-16-20(26)24(3)21(27)23(19)2)15-12-17-8-10-18(11-9-17)22-30(4,28)29;5-3(6)1-2-4(7)8/h8-11,16,22H,5-7,12-15H2,1-4H3;1-2H,(H,5,6)(H,7,8)/b;2-1+. The predicted molar refractivity (Wildman–Crippen MR) is 145 cm³/mol. The van der Waals surface area contributed by atoms with E-state index in [4.69, 9.17) is 10.2 Å². The van der Waals surface area contributed by atoms with Gasteiger partial charge in [-0.1, -0.05) is 19.1 Å². The maximum atomic E-state index is 12.0. The van der Waals surface area contributed by atoms with Crippen LogP contribution in [0.1, 0.15) is 31.0 Å². The molecule has 13 heteroatoms. The summed E-state index contributed by atoms with van der Waals surface area (Å²) in [6, 6.07) is 8.96.